The van der Waals surface area contributed by atoms with Crippen LogP contribution in [0.1, 0.15) is 19.4 Å². The van der Waals surface area contributed by atoms with Crippen LogP contribution in [0.2, 0.25) is 0 Å². The summed E-state index contributed by atoms with van der Waals surface area (Å²) in [4.78, 5) is 2.19. The molecule has 0 fully saturated rings. The van der Waals surface area contributed by atoms with Gasteiger partial charge in [0.1, 0.15) is 17.7 Å². The van der Waals surface area contributed by atoms with E-state index in [2.05, 4.69) is 18.7 Å². The lowest BCUT2D eigenvalue weighted by atomic mass is 10.0. The van der Waals surface area contributed by atoms with Gasteiger partial charge in [-0.25, -0.2) is 4.39 Å². The molecule has 1 atom stereocenters. The van der Waals surface area contributed by atoms with E-state index in [0.29, 0.717) is 5.88 Å². The van der Waals surface area contributed by atoms with Crippen LogP contribution in [0.3, 0.4) is 0 Å². The molecule has 1 aliphatic rings. The van der Waals surface area contributed by atoms with Gasteiger partial charge in [0.05, 0.1) is 0 Å². The highest BCUT2D eigenvalue weighted by molar-refractivity contribution is 6.18. The number of alkyl halides is 1. The largest absolute Gasteiger partial charge is 0.488 e. The SMILES string of the molecule is CN(CC1Cc2cc(F)ccc2O1)C(C)(C)CCl. The normalized spacial score (nSPS) is 18.9. The van der Waals surface area contributed by atoms with Gasteiger partial charge >= 0.3 is 0 Å². The van der Waals surface area contributed by atoms with E-state index in [4.69, 9.17) is 16.3 Å². The predicted molar refractivity (Wildman–Crippen MR) is 71.9 cm³/mol. The molecule has 0 aromatic heterocycles. The minimum Gasteiger partial charge on any atom is -0.488 e. The molecule has 0 radical (unpaired) electrons. The lowest BCUT2D eigenvalue weighted by Crippen LogP contribution is -2.47. The molecule has 0 N–H and O–H groups in total. The number of likely N-dealkylation sites (N-methyl/N-ethyl adjacent to an activating group) is 1. The van der Waals surface area contributed by atoms with Crippen LogP contribution >= 0.6 is 11.6 Å². The zero-order valence-electron chi connectivity index (χ0n) is 11.0. The van der Waals surface area contributed by atoms with Crippen molar-refractivity contribution in [3.05, 3.63) is 29.6 Å². The molecular formula is C14H19ClFNO. The van der Waals surface area contributed by atoms with Crippen LogP contribution in [0.5, 0.6) is 5.75 Å². The fourth-order valence-electron chi connectivity index (χ4n) is 2.05. The molecule has 100 valence electrons. The Balaban J connectivity index is 2.00. The summed E-state index contributed by atoms with van der Waals surface area (Å²) in [6.45, 7) is 4.99. The monoisotopic (exact) mass is 271 g/mol. The summed E-state index contributed by atoms with van der Waals surface area (Å²) in [7, 11) is 2.04. The maximum atomic E-state index is 13.1. The zero-order chi connectivity index (χ0) is 13.3. The van der Waals surface area contributed by atoms with Gasteiger partial charge in [0.15, 0.2) is 0 Å². The predicted octanol–water partition coefficient (Wildman–Crippen LogP) is 3.08. The highest BCUT2D eigenvalue weighted by Crippen LogP contribution is 2.30. The summed E-state index contributed by atoms with van der Waals surface area (Å²) < 4.78 is 18.9. The quantitative estimate of drug-likeness (QED) is 0.781. The molecular weight excluding hydrogens is 253 g/mol. The standard InChI is InChI=1S/C14H19ClFNO/c1-14(2,9-15)17(3)8-12-7-10-6-11(16)4-5-13(10)18-12/h4-6,12H,7-9H2,1-3H3. The Labute approximate surface area is 113 Å². The van der Waals surface area contributed by atoms with Crippen molar-refractivity contribution in [1.82, 2.24) is 4.90 Å². The lowest BCUT2D eigenvalue weighted by molar-refractivity contribution is 0.107. The first kappa shape index (κ1) is 13.6. The van der Waals surface area contributed by atoms with E-state index in [1.807, 2.05) is 7.05 Å². The minimum absolute atomic E-state index is 0.0645. The maximum absolute atomic E-state index is 13.1. The molecule has 0 spiro atoms. The Morgan fingerprint density at radius 2 is 2.22 bits per heavy atom. The van der Waals surface area contributed by atoms with Gasteiger partial charge < -0.3 is 4.74 Å². The van der Waals surface area contributed by atoms with Crippen molar-refractivity contribution < 1.29 is 9.13 Å². The van der Waals surface area contributed by atoms with Gasteiger partial charge in [-0.15, -0.1) is 11.6 Å². The summed E-state index contributed by atoms with van der Waals surface area (Å²) in [6.07, 6.45) is 0.838. The third-order valence-corrected chi connectivity index (χ3v) is 4.26. The first-order valence-electron chi connectivity index (χ1n) is 6.14. The van der Waals surface area contributed by atoms with Gasteiger partial charge in [-0.2, -0.15) is 0 Å². The smallest absolute Gasteiger partial charge is 0.123 e. The van der Waals surface area contributed by atoms with Crippen molar-refractivity contribution in [3.8, 4) is 5.75 Å². The zero-order valence-corrected chi connectivity index (χ0v) is 11.8. The van der Waals surface area contributed by atoms with E-state index in [9.17, 15) is 4.39 Å². The van der Waals surface area contributed by atoms with E-state index in [0.717, 1.165) is 24.3 Å². The molecule has 1 aromatic carbocycles. The van der Waals surface area contributed by atoms with Crippen molar-refractivity contribution in [2.24, 2.45) is 0 Å². The van der Waals surface area contributed by atoms with Gasteiger partial charge in [0.2, 0.25) is 0 Å². The third-order valence-electron chi connectivity index (χ3n) is 3.60. The number of benzene rings is 1. The van der Waals surface area contributed by atoms with Gasteiger partial charge in [0.25, 0.3) is 0 Å². The molecule has 2 rings (SSSR count). The van der Waals surface area contributed by atoms with Crippen LogP contribution in [0, 0.1) is 5.82 Å². The summed E-state index contributed by atoms with van der Waals surface area (Å²) in [6, 6.07) is 4.70. The first-order chi connectivity index (χ1) is 8.42. The Hall–Kier alpha value is -0.800. The van der Waals surface area contributed by atoms with Crippen molar-refractivity contribution in [2.45, 2.75) is 31.9 Å². The Morgan fingerprint density at radius 3 is 2.89 bits per heavy atom. The molecule has 0 bridgehead atoms. The van der Waals surface area contributed by atoms with Gasteiger partial charge in [-0.3, -0.25) is 4.90 Å². The van der Waals surface area contributed by atoms with Crippen LogP contribution in [-0.4, -0.2) is 36.0 Å². The van der Waals surface area contributed by atoms with Crippen molar-refractivity contribution in [3.63, 3.8) is 0 Å². The van der Waals surface area contributed by atoms with Crippen LogP contribution < -0.4 is 4.74 Å². The van der Waals surface area contributed by atoms with E-state index in [1.165, 1.54) is 6.07 Å². The Kier molecular flexibility index (Phi) is 3.83. The summed E-state index contributed by atoms with van der Waals surface area (Å²) >= 11 is 5.95. The molecule has 1 aromatic rings. The molecule has 1 aliphatic heterocycles. The molecule has 18 heavy (non-hydrogen) atoms. The molecule has 1 unspecified atom stereocenters. The maximum Gasteiger partial charge on any atom is 0.123 e. The second-order valence-electron chi connectivity index (χ2n) is 5.52. The van der Waals surface area contributed by atoms with Crippen LogP contribution in [-0.2, 0) is 6.42 Å². The van der Waals surface area contributed by atoms with E-state index >= 15 is 0 Å². The topological polar surface area (TPSA) is 12.5 Å². The average molecular weight is 272 g/mol. The third kappa shape index (κ3) is 2.78. The second-order valence-corrected chi connectivity index (χ2v) is 5.79. The molecule has 0 amide bonds. The number of fused-ring (bicyclic) bond motifs is 1. The van der Waals surface area contributed by atoms with E-state index in [1.54, 1.807) is 12.1 Å². The number of ether oxygens (including phenoxy) is 1. The molecule has 0 saturated heterocycles. The number of hydrogen-bond donors (Lipinski definition) is 0. The van der Waals surface area contributed by atoms with E-state index < -0.39 is 0 Å². The molecule has 4 heteroatoms. The summed E-state index contributed by atoms with van der Waals surface area (Å²) in [5.74, 6) is 1.17. The average Bonchev–Trinajstić information content (AvgIpc) is 2.70. The molecule has 0 aliphatic carbocycles. The Bertz CT molecular complexity index is 436. The summed E-state index contributed by atoms with van der Waals surface area (Å²) in [5, 5.41) is 0. The van der Waals surface area contributed by atoms with Crippen LogP contribution in [0.15, 0.2) is 18.2 Å². The number of rotatable bonds is 4. The van der Waals surface area contributed by atoms with Gasteiger partial charge in [-0.05, 0) is 39.1 Å². The fourth-order valence-corrected chi connectivity index (χ4v) is 2.25. The molecule has 0 saturated carbocycles. The lowest BCUT2D eigenvalue weighted by Gasteiger charge is -2.35. The highest BCUT2D eigenvalue weighted by atomic mass is 35.5. The fraction of sp³-hybridized carbons (Fsp3) is 0.571. The number of halogens is 2. The van der Waals surface area contributed by atoms with Crippen LogP contribution in [0.4, 0.5) is 4.39 Å². The first-order valence-corrected chi connectivity index (χ1v) is 6.68. The van der Waals surface area contributed by atoms with Gasteiger partial charge in [0, 0.05) is 29.9 Å². The van der Waals surface area contributed by atoms with Crippen molar-refractivity contribution in [1.29, 1.82) is 0 Å². The van der Waals surface area contributed by atoms with Crippen LogP contribution in [0.25, 0.3) is 0 Å². The van der Waals surface area contributed by atoms with Gasteiger partial charge in [-0.1, -0.05) is 0 Å². The molecule has 1 heterocycles. The number of hydrogen-bond acceptors (Lipinski definition) is 2. The van der Waals surface area contributed by atoms with E-state index in [-0.39, 0.29) is 17.5 Å². The summed E-state index contributed by atoms with van der Waals surface area (Å²) in [5.41, 5.74) is 0.891. The Morgan fingerprint density at radius 1 is 1.50 bits per heavy atom. The number of nitrogens with zero attached hydrogens (tertiary/aromatic N) is 1. The van der Waals surface area contributed by atoms with Crippen molar-refractivity contribution in [2.75, 3.05) is 19.5 Å². The highest BCUT2D eigenvalue weighted by Gasteiger charge is 2.29. The minimum atomic E-state index is -0.201. The second kappa shape index (κ2) is 5.06. The molecule has 2 nitrogen and oxygen atoms in total. The van der Waals surface area contributed by atoms with Crippen molar-refractivity contribution >= 4 is 11.6 Å².